The fourth-order valence-corrected chi connectivity index (χ4v) is 3.39. The molecule has 1 N–H and O–H groups in total. The summed E-state index contributed by atoms with van der Waals surface area (Å²) in [5, 5.41) is 2.72. The Bertz CT molecular complexity index is 684. The van der Waals surface area contributed by atoms with Gasteiger partial charge < -0.3 is 14.8 Å². The number of hydrogen-bond acceptors (Lipinski definition) is 5. The molecule has 8 heteroatoms. The molecule has 1 aliphatic heterocycles. The second-order valence-corrected chi connectivity index (χ2v) is 7.92. The van der Waals surface area contributed by atoms with Gasteiger partial charge in [-0.2, -0.15) is 4.31 Å². The Morgan fingerprint density at radius 3 is 2.79 bits per heavy atom. The van der Waals surface area contributed by atoms with Crippen molar-refractivity contribution < 1.29 is 22.7 Å². The molecule has 1 amide bonds. The van der Waals surface area contributed by atoms with Gasteiger partial charge in [-0.3, -0.25) is 4.79 Å². The first-order valence-corrected chi connectivity index (χ1v) is 9.65. The number of nitrogens with one attached hydrogen (secondary N) is 1. The Morgan fingerprint density at radius 2 is 2.21 bits per heavy atom. The van der Waals surface area contributed by atoms with Gasteiger partial charge in [0.1, 0.15) is 5.75 Å². The summed E-state index contributed by atoms with van der Waals surface area (Å²) in [6.07, 6.45) is 2.66. The highest BCUT2D eigenvalue weighted by atomic mass is 32.2. The fourth-order valence-electron chi connectivity index (χ4n) is 2.60. The van der Waals surface area contributed by atoms with Crippen molar-refractivity contribution in [2.24, 2.45) is 0 Å². The van der Waals surface area contributed by atoms with E-state index >= 15 is 0 Å². The van der Waals surface area contributed by atoms with Crippen LogP contribution in [-0.2, 0) is 19.6 Å². The van der Waals surface area contributed by atoms with Crippen LogP contribution in [0, 0.1) is 6.92 Å². The summed E-state index contributed by atoms with van der Waals surface area (Å²) in [7, 11) is -1.99. The molecule has 1 saturated heterocycles. The molecule has 0 saturated carbocycles. The van der Waals surface area contributed by atoms with Crippen LogP contribution in [0.2, 0.25) is 0 Å². The normalized spacial score (nSPS) is 17.9. The highest BCUT2D eigenvalue weighted by Gasteiger charge is 2.26. The molecule has 1 heterocycles. The van der Waals surface area contributed by atoms with Gasteiger partial charge in [-0.25, -0.2) is 8.42 Å². The number of anilines is 1. The van der Waals surface area contributed by atoms with Gasteiger partial charge in [0.05, 0.1) is 31.7 Å². The molecule has 134 valence electrons. The van der Waals surface area contributed by atoms with E-state index in [2.05, 4.69) is 5.32 Å². The third kappa shape index (κ3) is 5.19. The summed E-state index contributed by atoms with van der Waals surface area (Å²) in [5.74, 6) is 0.112. The van der Waals surface area contributed by atoms with Crippen LogP contribution in [-0.4, -0.2) is 57.8 Å². The molecule has 0 aromatic heterocycles. The molecule has 0 aliphatic carbocycles. The molecule has 0 bridgehead atoms. The third-order valence-electron chi connectivity index (χ3n) is 3.85. The van der Waals surface area contributed by atoms with Crippen LogP contribution in [0.15, 0.2) is 18.2 Å². The highest BCUT2D eigenvalue weighted by molar-refractivity contribution is 7.88. The van der Waals surface area contributed by atoms with Crippen LogP contribution in [0.1, 0.15) is 18.4 Å². The van der Waals surface area contributed by atoms with Crippen molar-refractivity contribution in [2.45, 2.75) is 25.9 Å². The zero-order valence-electron chi connectivity index (χ0n) is 14.2. The average Bonchev–Trinajstić information content (AvgIpc) is 2.99. The molecular weight excluding hydrogens is 332 g/mol. The van der Waals surface area contributed by atoms with Crippen molar-refractivity contribution in [1.29, 1.82) is 0 Å². The van der Waals surface area contributed by atoms with E-state index in [0.29, 0.717) is 18.0 Å². The van der Waals surface area contributed by atoms with Crippen molar-refractivity contribution >= 4 is 21.6 Å². The molecule has 2 rings (SSSR count). The maximum absolute atomic E-state index is 12.3. The first kappa shape index (κ1) is 18.7. The lowest BCUT2D eigenvalue weighted by molar-refractivity contribution is -0.116. The Hall–Kier alpha value is -1.64. The second-order valence-electron chi connectivity index (χ2n) is 5.94. The van der Waals surface area contributed by atoms with E-state index in [9.17, 15) is 13.2 Å². The lowest BCUT2D eigenvalue weighted by atomic mass is 10.2. The number of carbonyl (C=O) groups is 1. The van der Waals surface area contributed by atoms with Crippen molar-refractivity contribution in [3.05, 3.63) is 23.8 Å². The van der Waals surface area contributed by atoms with Crippen LogP contribution in [0.5, 0.6) is 5.75 Å². The number of amides is 1. The SMILES string of the molecule is COc1ccc(C)cc1NC(=O)CN(CC1CCCO1)S(C)(=O)=O. The Balaban J connectivity index is 2.06. The maximum Gasteiger partial charge on any atom is 0.239 e. The lowest BCUT2D eigenvalue weighted by Crippen LogP contribution is -2.41. The van der Waals surface area contributed by atoms with E-state index in [0.717, 1.165) is 29.0 Å². The standard InChI is InChI=1S/C16H24N2O5S/c1-12-6-7-15(22-2)14(9-12)17-16(19)11-18(24(3,20)21)10-13-5-4-8-23-13/h6-7,9,13H,4-5,8,10-11H2,1-3H3,(H,17,19). The number of methoxy groups -OCH3 is 1. The van der Waals surface area contributed by atoms with Gasteiger partial charge >= 0.3 is 0 Å². The van der Waals surface area contributed by atoms with Gasteiger partial charge in [-0.05, 0) is 37.5 Å². The fraction of sp³-hybridized carbons (Fsp3) is 0.562. The highest BCUT2D eigenvalue weighted by Crippen LogP contribution is 2.25. The van der Waals surface area contributed by atoms with Gasteiger partial charge in [0, 0.05) is 13.2 Å². The van der Waals surface area contributed by atoms with Gasteiger partial charge in [0.25, 0.3) is 0 Å². The van der Waals surface area contributed by atoms with Gasteiger partial charge in [0.15, 0.2) is 0 Å². The quantitative estimate of drug-likeness (QED) is 0.798. The molecule has 0 spiro atoms. The van der Waals surface area contributed by atoms with Crippen molar-refractivity contribution in [2.75, 3.05) is 38.4 Å². The van der Waals surface area contributed by atoms with Gasteiger partial charge in [-0.15, -0.1) is 0 Å². The zero-order chi connectivity index (χ0) is 17.7. The van der Waals surface area contributed by atoms with Crippen LogP contribution >= 0.6 is 0 Å². The van der Waals surface area contributed by atoms with E-state index in [1.807, 2.05) is 13.0 Å². The predicted octanol–water partition coefficient (Wildman–Crippen LogP) is 1.38. The molecule has 7 nitrogen and oxygen atoms in total. The molecule has 1 aliphatic rings. The smallest absolute Gasteiger partial charge is 0.239 e. The number of benzene rings is 1. The molecule has 1 atom stereocenters. The topological polar surface area (TPSA) is 84.9 Å². The predicted molar refractivity (Wildman–Crippen MR) is 91.8 cm³/mol. The lowest BCUT2D eigenvalue weighted by Gasteiger charge is -2.22. The average molecular weight is 356 g/mol. The Morgan fingerprint density at radius 1 is 1.46 bits per heavy atom. The van der Waals surface area contributed by atoms with E-state index < -0.39 is 15.9 Å². The van der Waals surface area contributed by atoms with E-state index in [-0.39, 0.29) is 19.2 Å². The Labute approximate surface area is 143 Å². The molecule has 1 aromatic carbocycles. The minimum atomic E-state index is -3.50. The summed E-state index contributed by atoms with van der Waals surface area (Å²) >= 11 is 0. The summed E-state index contributed by atoms with van der Waals surface area (Å²) < 4.78 is 35.7. The molecule has 1 unspecified atom stereocenters. The van der Waals surface area contributed by atoms with Crippen LogP contribution in [0.3, 0.4) is 0 Å². The van der Waals surface area contributed by atoms with E-state index in [4.69, 9.17) is 9.47 Å². The molecule has 0 radical (unpaired) electrons. The maximum atomic E-state index is 12.3. The molecule has 1 aromatic rings. The summed E-state index contributed by atoms with van der Waals surface area (Å²) in [6, 6.07) is 5.40. The molecule has 1 fully saturated rings. The van der Waals surface area contributed by atoms with Crippen LogP contribution < -0.4 is 10.1 Å². The minimum Gasteiger partial charge on any atom is -0.495 e. The summed E-state index contributed by atoms with van der Waals surface area (Å²) in [4.78, 5) is 12.3. The van der Waals surface area contributed by atoms with Crippen LogP contribution in [0.25, 0.3) is 0 Å². The summed E-state index contributed by atoms with van der Waals surface area (Å²) in [5.41, 5.74) is 1.48. The molecular formula is C16H24N2O5S. The largest absolute Gasteiger partial charge is 0.495 e. The first-order chi connectivity index (χ1) is 11.3. The zero-order valence-corrected chi connectivity index (χ0v) is 15.1. The minimum absolute atomic E-state index is 0.152. The number of aryl methyl sites for hydroxylation is 1. The number of sulfonamides is 1. The van der Waals surface area contributed by atoms with Gasteiger partial charge in [0.2, 0.25) is 15.9 Å². The van der Waals surface area contributed by atoms with Crippen molar-refractivity contribution in [3.8, 4) is 5.75 Å². The van der Waals surface area contributed by atoms with Gasteiger partial charge in [-0.1, -0.05) is 6.07 Å². The summed E-state index contributed by atoms with van der Waals surface area (Å²) in [6.45, 7) is 2.47. The third-order valence-corrected chi connectivity index (χ3v) is 5.07. The number of ether oxygens (including phenoxy) is 2. The van der Waals surface area contributed by atoms with E-state index in [1.54, 1.807) is 12.1 Å². The monoisotopic (exact) mass is 356 g/mol. The second kappa shape index (κ2) is 7.96. The first-order valence-electron chi connectivity index (χ1n) is 7.81. The number of rotatable bonds is 7. The Kier molecular flexibility index (Phi) is 6.20. The van der Waals surface area contributed by atoms with Crippen LogP contribution in [0.4, 0.5) is 5.69 Å². The number of hydrogen-bond donors (Lipinski definition) is 1. The van der Waals surface area contributed by atoms with Crippen molar-refractivity contribution in [1.82, 2.24) is 4.31 Å². The van der Waals surface area contributed by atoms with E-state index in [1.165, 1.54) is 7.11 Å². The number of carbonyl (C=O) groups excluding carboxylic acids is 1. The van der Waals surface area contributed by atoms with Crippen molar-refractivity contribution in [3.63, 3.8) is 0 Å². The number of nitrogens with zero attached hydrogens (tertiary/aromatic N) is 1. The molecule has 24 heavy (non-hydrogen) atoms.